The number of nitrogens with zero attached hydrogens (tertiary/aromatic N) is 5. The van der Waals surface area contributed by atoms with Crippen molar-refractivity contribution in [1.82, 2.24) is 29.4 Å². The van der Waals surface area contributed by atoms with Crippen LogP contribution in [-0.4, -0.2) is 29.4 Å². The monoisotopic (exact) mass is 334 g/mol. The van der Waals surface area contributed by atoms with E-state index >= 15 is 0 Å². The first-order chi connectivity index (χ1) is 12.1. The maximum absolute atomic E-state index is 12.5. The van der Waals surface area contributed by atoms with E-state index in [2.05, 4.69) is 20.2 Å². The largest absolute Gasteiger partial charge is 0.343 e. The number of aryl methyl sites for hydroxylation is 2. The van der Waals surface area contributed by atoms with Gasteiger partial charge in [0.15, 0.2) is 5.82 Å². The topological polar surface area (TPSA) is 80.9 Å². The van der Waals surface area contributed by atoms with Gasteiger partial charge in [0, 0.05) is 34.8 Å². The van der Waals surface area contributed by atoms with E-state index < -0.39 is 0 Å². The molecule has 126 valence electrons. The molecule has 0 unspecified atom stereocenters. The summed E-state index contributed by atoms with van der Waals surface area (Å²) in [6.45, 7) is 5.87. The molecular weight excluding hydrogens is 316 g/mol. The van der Waals surface area contributed by atoms with E-state index in [9.17, 15) is 4.79 Å². The van der Waals surface area contributed by atoms with Gasteiger partial charge in [0.1, 0.15) is 5.65 Å². The van der Waals surface area contributed by atoms with Gasteiger partial charge in [-0.2, -0.15) is 14.7 Å². The van der Waals surface area contributed by atoms with Crippen LogP contribution in [0, 0.1) is 13.8 Å². The van der Waals surface area contributed by atoms with Crippen LogP contribution in [0.3, 0.4) is 0 Å². The first kappa shape index (κ1) is 15.3. The summed E-state index contributed by atoms with van der Waals surface area (Å²) < 4.78 is 3.13. The lowest BCUT2D eigenvalue weighted by Crippen LogP contribution is -2.21. The smallest absolute Gasteiger partial charge is 0.277 e. The van der Waals surface area contributed by atoms with Crippen LogP contribution in [0.2, 0.25) is 0 Å². The highest BCUT2D eigenvalue weighted by Crippen LogP contribution is 2.23. The van der Waals surface area contributed by atoms with Crippen LogP contribution in [-0.2, 0) is 6.42 Å². The molecule has 4 heterocycles. The van der Waals surface area contributed by atoms with E-state index in [1.54, 1.807) is 23.3 Å². The van der Waals surface area contributed by atoms with Crippen molar-refractivity contribution in [3.63, 3.8) is 0 Å². The van der Waals surface area contributed by atoms with E-state index in [1.165, 1.54) is 4.52 Å². The van der Waals surface area contributed by atoms with Gasteiger partial charge in [-0.3, -0.25) is 4.79 Å². The zero-order valence-electron chi connectivity index (χ0n) is 14.3. The normalized spacial score (nSPS) is 11.3. The third kappa shape index (κ3) is 2.44. The van der Waals surface area contributed by atoms with E-state index in [4.69, 9.17) is 0 Å². The molecule has 4 aromatic rings. The second-order valence-corrected chi connectivity index (χ2v) is 6.07. The Kier molecular flexibility index (Phi) is 3.49. The summed E-state index contributed by atoms with van der Waals surface area (Å²) in [5.74, 6) is 0.742. The zero-order valence-corrected chi connectivity index (χ0v) is 14.3. The average Bonchev–Trinajstić information content (AvgIpc) is 3.22. The molecule has 0 amide bonds. The fraction of sp³-hybridized carbons (Fsp3) is 0.222. The fourth-order valence-electron chi connectivity index (χ4n) is 2.97. The van der Waals surface area contributed by atoms with Crippen molar-refractivity contribution in [2.75, 3.05) is 0 Å². The Morgan fingerprint density at radius 1 is 1.12 bits per heavy atom. The number of pyridine rings is 1. The van der Waals surface area contributed by atoms with Gasteiger partial charge < -0.3 is 4.98 Å². The molecule has 0 fully saturated rings. The van der Waals surface area contributed by atoms with Crippen molar-refractivity contribution >= 4 is 5.65 Å². The van der Waals surface area contributed by atoms with Gasteiger partial charge in [-0.25, -0.2) is 9.67 Å². The van der Waals surface area contributed by atoms with Crippen molar-refractivity contribution < 1.29 is 0 Å². The molecule has 0 aliphatic rings. The summed E-state index contributed by atoms with van der Waals surface area (Å²) in [4.78, 5) is 20.2. The second-order valence-electron chi connectivity index (χ2n) is 6.07. The second kappa shape index (κ2) is 5.70. The van der Waals surface area contributed by atoms with Crippen LogP contribution in [0.4, 0.5) is 0 Å². The first-order valence-electron chi connectivity index (χ1n) is 8.16. The molecule has 25 heavy (non-hydrogen) atoms. The summed E-state index contributed by atoms with van der Waals surface area (Å²) >= 11 is 0. The minimum atomic E-state index is -0.0763. The van der Waals surface area contributed by atoms with Gasteiger partial charge in [0.2, 0.25) is 0 Å². The van der Waals surface area contributed by atoms with E-state index in [0.717, 1.165) is 33.8 Å². The maximum atomic E-state index is 12.5. The number of rotatable bonds is 3. The van der Waals surface area contributed by atoms with Crippen LogP contribution in [0.15, 0.2) is 41.7 Å². The molecule has 1 N–H and O–H groups in total. The Hall–Kier alpha value is -3.22. The first-order valence-corrected chi connectivity index (χ1v) is 8.16. The predicted octanol–water partition coefficient (Wildman–Crippen LogP) is 2.45. The van der Waals surface area contributed by atoms with Crippen molar-refractivity contribution in [2.45, 2.75) is 27.2 Å². The fourth-order valence-corrected chi connectivity index (χ4v) is 2.97. The Balaban J connectivity index is 1.83. The van der Waals surface area contributed by atoms with Crippen LogP contribution < -0.4 is 5.56 Å². The summed E-state index contributed by atoms with van der Waals surface area (Å²) in [7, 11) is 0. The number of hydrogen-bond acceptors (Lipinski definition) is 4. The number of aromatic amines is 1. The molecule has 0 aliphatic heterocycles. The van der Waals surface area contributed by atoms with Crippen molar-refractivity contribution in [3.8, 4) is 16.9 Å². The number of hydrogen-bond donors (Lipinski definition) is 1. The minimum Gasteiger partial charge on any atom is -0.343 e. The number of H-pyrrole nitrogens is 1. The lowest BCUT2D eigenvalue weighted by Gasteiger charge is -2.04. The van der Waals surface area contributed by atoms with Crippen LogP contribution >= 0.6 is 0 Å². The molecule has 0 saturated carbocycles. The standard InChI is InChI=1S/C18H18N6O/c1-4-14-12(3)22-17-15(9-21-24(17)18(14)25)13-8-20-23(10-13)16-6-5-11(2)7-19-16/h5-10,22H,4H2,1-3H3. The molecule has 4 rings (SSSR count). The maximum Gasteiger partial charge on any atom is 0.277 e. The Morgan fingerprint density at radius 2 is 1.96 bits per heavy atom. The van der Waals surface area contributed by atoms with Gasteiger partial charge in [-0.05, 0) is 31.9 Å². The summed E-state index contributed by atoms with van der Waals surface area (Å²) in [5, 5.41) is 8.64. The number of nitrogens with one attached hydrogen (secondary N) is 1. The number of fused-ring (bicyclic) bond motifs is 1. The predicted molar refractivity (Wildman–Crippen MR) is 95.0 cm³/mol. The summed E-state index contributed by atoms with van der Waals surface area (Å²) in [6.07, 6.45) is 7.80. The Labute approximate surface area is 144 Å². The van der Waals surface area contributed by atoms with E-state index in [1.807, 2.05) is 39.1 Å². The lowest BCUT2D eigenvalue weighted by molar-refractivity contribution is 0.845. The molecule has 0 radical (unpaired) electrons. The third-order valence-electron chi connectivity index (χ3n) is 4.36. The molecule has 0 spiro atoms. The molecule has 0 bridgehead atoms. The third-order valence-corrected chi connectivity index (χ3v) is 4.36. The molecule has 0 aliphatic carbocycles. The van der Waals surface area contributed by atoms with Crippen molar-refractivity contribution in [3.05, 3.63) is 64.1 Å². The molecule has 4 aromatic heterocycles. The zero-order chi connectivity index (χ0) is 17.6. The average molecular weight is 334 g/mol. The summed E-state index contributed by atoms with van der Waals surface area (Å²) in [6, 6.07) is 3.91. The Morgan fingerprint density at radius 3 is 2.68 bits per heavy atom. The number of aromatic nitrogens is 6. The Bertz CT molecular complexity index is 1120. The SMILES string of the molecule is CCc1c(C)[nH]c2c(-c3cnn(-c4ccc(C)cn4)c3)cnn2c1=O. The van der Waals surface area contributed by atoms with Gasteiger partial charge in [-0.15, -0.1) is 0 Å². The van der Waals surface area contributed by atoms with Gasteiger partial charge in [-0.1, -0.05) is 13.0 Å². The van der Waals surface area contributed by atoms with Gasteiger partial charge in [0.05, 0.1) is 12.4 Å². The highest BCUT2D eigenvalue weighted by atomic mass is 16.1. The van der Waals surface area contributed by atoms with Crippen molar-refractivity contribution in [1.29, 1.82) is 0 Å². The van der Waals surface area contributed by atoms with E-state index in [0.29, 0.717) is 12.1 Å². The highest BCUT2D eigenvalue weighted by molar-refractivity contribution is 5.76. The molecule has 0 atom stereocenters. The molecule has 0 aromatic carbocycles. The highest BCUT2D eigenvalue weighted by Gasteiger charge is 2.15. The molecule has 7 heteroatoms. The molecule has 0 saturated heterocycles. The van der Waals surface area contributed by atoms with E-state index in [-0.39, 0.29) is 5.56 Å². The molecule has 7 nitrogen and oxygen atoms in total. The van der Waals surface area contributed by atoms with Gasteiger partial charge in [0.25, 0.3) is 5.56 Å². The molecular formula is C18H18N6O. The van der Waals surface area contributed by atoms with Crippen LogP contribution in [0.1, 0.15) is 23.7 Å². The van der Waals surface area contributed by atoms with Gasteiger partial charge >= 0.3 is 0 Å². The van der Waals surface area contributed by atoms with Crippen LogP contribution in [0.5, 0.6) is 0 Å². The van der Waals surface area contributed by atoms with Crippen LogP contribution in [0.25, 0.3) is 22.6 Å². The van der Waals surface area contributed by atoms with Crippen molar-refractivity contribution in [2.24, 2.45) is 0 Å². The summed E-state index contributed by atoms with van der Waals surface area (Å²) in [5.41, 5.74) is 5.02. The quantitative estimate of drug-likeness (QED) is 0.624. The minimum absolute atomic E-state index is 0.0763. The lowest BCUT2D eigenvalue weighted by atomic mass is 10.1.